The summed E-state index contributed by atoms with van der Waals surface area (Å²) in [4.78, 5) is 22.7. The number of carbonyl (C=O) groups excluding carboxylic acids is 1. The lowest BCUT2D eigenvalue weighted by molar-refractivity contribution is -0.384. The molecule has 2 rings (SSSR count). The maximum Gasteiger partial charge on any atom is 0.269 e. The van der Waals surface area contributed by atoms with Gasteiger partial charge < -0.3 is 5.32 Å². The Morgan fingerprint density at radius 2 is 1.92 bits per heavy atom. The first-order chi connectivity index (χ1) is 11.9. The molecule has 0 aliphatic rings. The first kappa shape index (κ1) is 18.1. The molecule has 25 heavy (non-hydrogen) atoms. The number of hydrogen-bond donors (Lipinski definition) is 2. The summed E-state index contributed by atoms with van der Waals surface area (Å²) in [5.74, 6) is -0.257. The SMILES string of the molecule is C[C@H](N[C@H](C)C(=O)Nc1cccc(C#N)c1)c1cccc([N+](=O)[O-])c1. The summed E-state index contributed by atoms with van der Waals surface area (Å²) in [6.45, 7) is 3.54. The number of hydrogen-bond acceptors (Lipinski definition) is 5. The Hall–Kier alpha value is -3.24. The molecular formula is C18H18N4O3. The summed E-state index contributed by atoms with van der Waals surface area (Å²) < 4.78 is 0. The van der Waals surface area contributed by atoms with E-state index in [1.807, 2.05) is 13.0 Å². The summed E-state index contributed by atoms with van der Waals surface area (Å²) in [6.07, 6.45) is 0. The molecule has 0 aliphatic heterocycles. The number of rotatable bonds is 6. The van der Waals surface area contributed by atoms with Gasteiger partial charge in [-0.2, -0.15) is 5.26 Å². The van der Waals surface area contributed by atoms with Crippen molar-refractivity contribution in [2.45, 2.75) is 25.9 Å². The number of carbonyl (C=O) groups is 1. The molecule has 0 spiro atoms. The van der Waals surface area contributed by atoms with E-state index < -0.39 is 11.0 Å². The van der Waals surface area contributed by atoms with Gasteiger partial charge in [-0.1, -0.05) is 18.2 Å². The zero-order chi connectivity index (χ0) is 18.4. The van der Waals surface area contributed by atoms with Crippen LogP contribution < -0.4 is 10.6 Å². The average Bonchev–Trinajstić information content (AvgIpc) is 2.61. The first-order valence-electron chi connectivity index (χ1n) is 7.72. The Kier molecular flexibility index (Phi) is 5.82. The number of anilines is 1. The van der Waals surface area contributed by atoms with E-state index in [-0.39, 0.29) is 17.6 Å². The van der Waals surface area contributed by atoms with Gasteiger partial charge in [-0.15, -0.1) is 0 Å². The minimum atomic E-state index is -0.528. The van der Waals surface area contributed by atoms with E-state index in [1.165, 1.54) is 12.1 Å². The van der Waals surface area contributed by atoms with E-state index in [1.54, 1.807) is 43.3 Å². The van der Waals surface area contributed by atoms with Crippen molar-refractivity contribution in [3.63, 3.8) is 0 Å². The summed E-state index contributed by atoms with van der Waals surface area (Å²) in [5, 5.41) is 25.6. The van der Waals surface area contributed by atoms with Gasteiger partial charge in [0.2, 0.25) is 5.91 Å². The van der Waals surface area contributed by atoms with Gasteiger partial charge in [0.05, 0.1) is 22.6 Å². The van der Waals surface area contributed by atoms with Gasteiger partial charge in [0, 0.05) is 23.9 Å². The third-order valence-electron chi connectivity index (χ3n) is 3.73. The highest BCUT2D eigenvalue weighted by atomic mass is 16.6. The van der Waals surface area contributed by atoms with E-state index in [0.29, 0.717) is 11.3 Å². The molecule has 0 saturated heterocycles. The summed E-state index contributed by atoms with van der Waals surface area (Å²) in [6, 6.07) is 14.2. The van der Waals surface area contributed by atoms with Crippen LogP contribution in [0.15, 0.2) is 48.5 Å². The second-order valence-electron chi connectivity index (χ2n) is 5.64. The molecule has 1 amide bonds. The fourth-order valence-corrected chi connectivity index (χ4v) is 2.37. The Morgan fingerprint density at radius 3 is 2.60 bits per heavy atom. The van der Waals surface area contributed by atoms with Crippen molar-refractivity contribution in [1.82, 2.24) is 5.32 Å². The van der Waals surface area contributed by atoms with Crippen molar-refractivity contribution in [1.29, 1.82) is 5.26 Å². The van der Waals surface area contributed by atoms with E-state index in [2.05, 4.69) is 10.6 Å². The Labute approximate surface area is 145 Å². The molecule has 2 atom stereocenters. The van der Waals surface area contributed by atoms with Crippen LogP contribution in [-0.2, 0) is 4.79 Å². The Bertz CT molecular complexity index is 829. The number of nitro groups is 1. The van der Waals surface area contributed by atoms with E-state index in [9.17, 15) is 14.9 Å². The van der Waals surface area contributed by atoms with Gasteiger partial charge in [-0.25, -0.2) is 0 Å². The lowest BCUT2D eigenvalue weighted by Crippen LogP contribution is -2.39. The molecule has 0 saturated carbocycles. The zero-order valence-electron chi connectivity index (χ0n) is 13.9. The molecule has 2 aromatic rings. The standard InChI is InChI=1S/C18H18N4O3/c1-12(15-6-4-8-17(10-15)22(24)25)20-13(2)18(23)21-16-7-3-5-14(9-16)11-19/h3-10,12-13,20H,1-2H3,(H,21,23)/t12-,13+/m0/s1. The van der Waals surface area contributed by atoms with Crippen molar-refractivity contribution in [3.8, 4) is 6.07 Å². The molecule has 0 heterocycles. The van der Waals surface area contributed by atoms with E-state index >= 15 is 0 Å². The largest absolute Gasteiger partial charge is 0.325 e. The molecule has 2 N–H and O–H groups in total. The van der Waals surface area contributed by atoms with Crippen LogP contribution in [0, 0.1) is 21.4 Å². The Morgan fingerprint density at radius 1 is 1.20 bits per heavy atom. The highest BCUT2D eigenvalue weighted by Gasteiger charge is 2.18. The normalized spacial score (nSPS) is 12.7. The molecule has 0 aliphatic carbocycles. The van der Waals surface area contributed by atoms with Gasteiger partial charge >= 0.3 is 0 Å². The van der Waals surface area contributed by atoms with Gasteiger partial charge in [0.15, 0.2) is 0 Å². The van der Waals surface area contributed by atoms with Crippen LogP contribution in [0.4, 0.5) is 11.4 Å². The molecule has 0 radical (unpaired) electrons. The van der Waals surface area contributed by atoms with Crippen LogP contribution in [-0.4, -0.2) is 16.9 Å². The lowest BCUT2D eigenvalue weighted by atomic mass is 10.1. The van der Waals surface area contributed by atoms with Crippen LogP contribution in [0.1, 0.15) is 31.0 Å². The predicted octanol–water partition coefficient (Wildman–Crippen LogP) is 3.14. The number of nitriles is 1. The van der Waals surface area contributed by atoms with Gasteiger partial charge in [-0.3, -0.25) is 20.2 Å². The van der Waals surface area contributed by atoms with Gasteiger partial charge in [0.25, 0.3) is 5.69 Å². The molecule has 0 bridgehead atoms. The monoisotopic (exact) mass is 338 g/mol. The van der Waals surface area contributed by atoms with Crippen molar-refractivity contribution in [3.05, 3.63) is 69.8 Å². The zero-order valence-corrected chi connectivity index (χ0v) is 13.9. The maximum atomic E-state index is 12.3. The highest BCUT2D eigenvalue weighted by Crippen LogP contribution is 2.19. The predicted molar refractivity (Wildman–Crippen MR) is 93.9 cm³/mol. The third kappa shape index (κ3) is 4.86. The number of nitrogens with one attached hydrogen (secondary N) is 2. The highest BCUT2D eigenvalue weighted by molar-refractivity contribution is 5.94. The van der Waals surface area contributed by atoms with Crippen molar-refractivity contribution < 1.29 is 9.72 Å². The molecule has 2 aromatic carbocycles. The van der Waals surface area contributed by atoms with Crippen LogP contribution in [0.2, 0.25) is 0 Å². The smallest absolute Gasteiger partial charge is 0.269 e. The summed E-state index contributed by atoms with van der Waals surface area (Å²) >= 11 is 0. The van der Waals surface area contributed by atoms with Crippen molar-refractivity contribution in [2.75, 3.05) is 5.32 Å². The molecule has 0 unspecified atom stereocenters. The van der Waals surface area contributed by atoms with Crippen LogP contribution in [0.25, 0.3) is 0 Å². The van der Waals surface area contributed by atoms with Crippen molar-refractivity contribution >= 4 is 17.3 Å². The van der Waals surface area contributed by atoms with Crippen LogP contribution >= 0.6 is 0 Å². The molecule has 7 heteroatoms. The number of nitro benzene ring substituents is 1. The third-order valence-corrected chi connectivity index (χ3v) is 3.73. The number of benzene rings is 2. The fourth-order valence-electron chi connectivity index (χ4n) is 2.37. The minimum Gasteiger partial charge on any atom is -0.325 e. The summed E-state index contributed by atoms with van der Waals surface area (Å²) in [5.41, 5.74) is 1.74. The molecule has 0 aromatic heterocycles. The summed E-state index contributed by atoms with van der Waals surface area (Å²) in [7, 11) is 0. The van der Waals surface area contributed by atoms with Gasteiger partial charge in [-0.05, 0) is 37.6 Å². The number of nitrogens with zero attached hydrogens (tertiary/aromatic N) is 2. The topological polar surface area (TPSA) is 108 Å². The number of non-ortho nitro benzene ring substituents is 1. The van der Waals surface area contributed by atoms with Crippen LogP contribution in [0.3, 0.4) is 0 Å². The fraction of sp³-hybridized carbons (Fsp3) is 0.222. The minimum absolute atomic E-state index is 0.0107. The molecule has 7 nitrogen and oxygen atoms in total. The van der Waals surface area contributed by atoms with Crippen LogP contribution in [0.5, 0.6) is 0 Å². The maximum absolute atomic E-state index is 12.3. The van der Waals surface area contributed by atoms with E-state index in [4.69, 9.17) is 5.26 Å². The lowest BCUT2D eigenvalue weighted by Gasteiger charge is -2.20. The number of amides is 1. The molecule has 128 valence electrons. The second-order valence-corrected chi connectivity index (χ2v) is 5.64. The van der Waals surface area contributed by atoms with Gasteiger partial charge in [0.1, 0.15) is 0 Å². The van der Waals surface area contributed by atoms with E-state index in [0.717, 1.165) is 5.56 Å². The first-order valence-corrected chi connectivity index (χ1v) is 7.72. The second kappa shape index (κ2) is 8.04. The quantitative estimate of drug-likeness (QED) is 0.621. The van der Waals surface area contributed by atoms with Crippen molar-refractivity contribution in [2.24, 2.45) is 0 Å². The molecule has 0 fully saturated rings. The molecular weight excluding hydrogens is 320 g/mol. The average molecular weight is 338 g/mol. The Balaban J connectivity index is 2.01.